The van der Waals surface area contributed by atoms with Crippen LogP contribution >= 0.6 is 43.6 Å². The number of imide groups is 1. The molecule has 1 aliphatic heterocycles. The molecular formula is C30H23Br2NO4S. The molecule has 192 valence electrons. The normalized spacial score (nSPS) is 14.5. The molecule has 0 spiro atoms. The van der Waals surface area contributed by atoms with E-state index in [2.05, 4.69) is 56.1 Å². The molecule has 1 saturated heterocycles. The molecule has 38 heavy (non-hydrogen) atoms. The molecule has 1 aliphatic rings. The van der Waals surface area contributed by atoms with Crippen LogP contribution in [0.2, 0.25) is 0 Å². The van der Waals surface area contributed by atoms with Gasteiger partial charge in [-0.05, 0) is 86.4 Å². The van der Waals surface area contributed by atoms with Gasteiger partial charge in [-0.1, -0.05) is 76.6 Å². The van der Waals surface area contributed by atoms with Crippen molar-refractivity contribution in [3.05, 3.63) is 109 Å². The Bertz CT molecular complexity index is 1560. The van der Waals surface area contributed by atoms with E-state index >= 15 is 0 Å². The summed E-state index contributed by atoms with van der Waals surface area (Å²) in [7, 11) is 0. The molecule has 8 heteroatoms. The summed E-state index contributed by atoms with van der Waals surface area (Å²) in [4.78, 5) is 27.4. The van der Waals surface area contributed by atoms with Crippen molar-refractivity contribution in [3.8, 4) is 11.5 Å². The summed E-state index contributed by atoms with van der Waals surface area (Å²) in [5.41, 5.74) is 2.66. The molecule has 0 aromatic heterocycles. The zero-order valence-corrected chi connectivity index (χ0v) is 24.4. The van der Waals surface area contributed by atoms with E-state index in [0.717, 1.165) is 43.7 Å². The number of fused-ring (bicyclic) bond motifs is 1. The van der Waals surface area contributed by atoms with Gasteiger partial charge in [-0.15, -0.1) is 0 Å². The molecule has 4 aromatic rings. The van der Waals surface area contributed by atoms with Crippen LogP contribution in [0, 0.1) is 0 Å². The lowest BCUT2D eigenvalue weighted by Gasteiger charge is -2.16. The minimum Gasteiger partial charge on any atom is -0.490 e. The smallest absolute Gasteiger partial charge is 0.293 e. The Hall–Kier alpha value is -3.07. The monoisotopic (exact) mass is 651 g/mol. The van der Waals surface area contributed by atoms with Gasteiger partial charge in [-0.2, -0.15) is 0 Å². The van der Waals surface area contributed by atoms with Crippen molar-refractivity contribution in [2.75, 3.05) is 6.61 Å². The molecule has 0 aliphatic carbocycles. The van der Waals surface area contributed by atoms with Crippen LogP contribution in [0.4, 0.5) is 4.79 Å². The lowest BCUT2D eigenvalue weighted by molar-refractivity contribution is -0.123. The van der Waals surface area contributed by atoms with E-state index in [0.29, 0.717) is 34.1 Å². The Morgan fingerprint density at radius 1 is 0.868 bits per heavy atom. The number of ether oxygens (including phenoxy) is 2. The number of hydrogen-bond donors (Lipinski definition) is 0. The molecule has 0 unspecified atom stereocenters. The Morgan fingerprint density at radius 2 is 1.61 bits per heavy atom. The topological polar surface area (TPSA) is 55.8 Å². The van der Waals surface area contributed by atoms with Crippen molar-refractivity contribution in [1.82, 2.24) is 4.90 Å². The van der Waals surface area contributed by atoms with Gasteiger partial charge in [0.15, 0.2) is 11.5 Å². The van der Waals surface area contributed by atoms with Gasteiger partial charge in [0.2, 0.25) is 0 Å². The van der Waals surface area contributed by atoms with Crippen molar-refractivity contribution in [1.29, 1.82) is 0 Å². The fourth-order valence-corrected chi connectivity index (χ4v) is 6.05. The van der Waals surface area contributed by atoms with E-state index in [9.17, 15) is 9.59 Å². The first-order valence-corrected chi connectivity index (χ1v) is 14.4. The van der Waals surface area contributed by atoms with Crippen LogP contribution in [0.1, 0.15) is 23.6 Å². The molecule has 2 amide bonds. The van der Waals surface area contributed by atoms with Crippen molar-refractivity contribution >= 4 is 71.6 Å². The van der Waals surface area contributed by atoms with Crippen LogP contribution in [0.15, 0.2) is 92.7 Å². The van der Waals surface area contributed by atoms with Gasteiger partial charge >= 0.3 is 0 Å². The Labute approximate surface area is 242 Å². The largest absolute Gasteiger partial charge is 0.490 e. The third-order valence-corrected chi connectivity index (χ3v) is 8.31. The zero-order valence-electron chi connectivity index (χ0n) is 20.4. The molecule has 1 fully saturated rings. The van der Waals surface area contributed by atoms with Crippen LogP contribution in [0.5, 0.6) is 11.5 Å². The van der Waals surface area contributed by atoms with E-state index < -0.39 is 0 Å². The molecule has 0 saturated carbocycles. The molecule has 1 heterocycles. The number of carbonyl (C=O) groups excluding carboxylic acids is 2. The molecule has 4 aromatic carbocycles. The van der Waals surface area contributed by atoms with Gasteiger partial charge in [-0.3, -0.25) is 14.5 Å². The van der Waals surface area contributed by atoms with E-state index in [1.807, 2.05) is 61.5 Å². The lowest BCUT2D eigenvalue weighted by Crippen LogP contribution is -2.27. The average Bonchev–Trinajstić information content (AvgIpc) is 3.17. The average molecular weight is 653 g/mol. The molecular weight excluding hydrogens is 630 g/mol. The summed E-state index contributed by atoms with van der Waals surface area (Å²) < 4.78 is 13.7. The summed E-state index contributed by atoms with van der Waals surface area (Å²) in [6, 6.07) is 25.6. The molecule has 5 nitrogen and oxygen atoms in total. The maximum absolute atomic E-state index is 13.1. The van der Waals surface area contributed by atoms with Crippen LogP contribution in [0.3, 0.4) is 0 Å². The first-order chi connectivity index (χ1) is 18.4. The van der Waals surface area contributed by atoms with Gasteiger partial charge in [0.05, 0.1) is 22.5 Å². The number of rotatable bonds is 8. The molecule has 0 N–H and O–H groups in total. The number of hydrogen-bond acceptors (Lipinski definition) is 5. The second-order valence-corrected chi connectivity index (χ2v) is 11.3. The molecule has 0 atom stereocenters. The summed E-state index contributed by atoms with van der Waals surface area (Å²) in [6.07, 6.45) is 1.71. The molecule has 0 bridgehead atoms. The second kappa shape index (κ2) is 11.8. The maximum Gasteiger partial charge on any atom is 0.293 e. The second-order valence-electron chi connectivity index (χ2n) is 8.55. The predicted octanol–water partition coefficient (Wildman–Crippen LogP) is 8.58. The van der Waals surface area contributed by atoms with Gasteiger partial charge < -0.3 is 9.47 Å². The van der Waals surface area contributed by atoms with Crippen LogP contribution in [0.25, 0.3) is 16.8 Å². The highest BCUT2D eigenvalue weighted by molar-refractivity contribution is 9.10. The number of nitrogens with zero attached hydrogens (tertiary/aromatic N) is 1. The van der Waals surface area contributed by atoms with Gasteiger partial charge in [0, 0.05) is 4.47 Å². The third kappa shape index (κ3) is 5.67. The Morgan fingerprint density at radius 3 is 2.42 bits per heavy atom. The third-order valence-electron chi connectivity index (χ3n) is 6.04. The summed E-state index contributed by atoms with van der Waals surface area (Å²) in [5.74, 6) is 0.820. The van der Waals surface area contributed by atoms with Crippen LogP contribution in [-0.4, -0.2) is 22.7 Å². The maximum atomic E-state index is 13.1. The van der Waals surface area contributed by atoms with Gasteiger partial charge in [0.25, 0.3) is 11.1 Å². The minimum atomic E-state index is -0.318. The number of amides is 2. The summed E-state index contributed by atoms with van der Waals surface area (Å²) in [6.45, 7) is 2.93. The summed E-state index contributed by atoms with van der Waals surface area (Å²) in [5, 5.41) is 2.00. The van der Waals surface area contributed by atoms with E-state index in [4.69, 9.17) is 9.47 Å². The molecule has 5 rings (SSSR count). The van der Waals surface area contributed by atoms with Crippen molar-refractivity contribution < 1.29 is 19.1 Å². The van der Waals surface area contributed by atoms with Gasteiger partial charge in [-0.25, -0.2) is 0 Å². The first kappa shape index (κ1) is 26.5. The van der Waals surface area contributed by atoms with E-state index in [1.165, 1.54) is 4.90 Å². The SMILES string of the molecule is CCOc1cc(/C=C2/SC(=O)N(Cc3ccccc3Br)C2=O)cc(Br)c1OCc1cccc2ccccc12. The van der Waals surface area contributed by atoms with Crippen molar-refractivity contribution in [2.45, 2.75) is 20.1 Å². The van der Waals surface area contributed by atoms with Crippen molar-refractivity contribution in [3.63, 3.8) is 0 Å². The van der Waals surface area contributed by atoms with Crippen LogP contribution < -0.4 is 9.47 Å². The number of thioether (sulfide) groups is 1. The Balaban J connectivity index is 1.39. The summed E-state index contributed by atoms with van der Waals surface area (Å²) >= 11 is 8.05. The Kier molecular flexibility index (Phi) is 8.21. The number of benzene rings is 4. The fourth-order valence-electron chi connectivity index (χ4n) is 4.23. The predicted molar refractivity (Wildman–Crippen MR) is 159 cm³/mol. The quantitative estimate of drug-likeness (QED) is 0.179. The lowest BCUT2D eigenvalue weighted by atomic mass is 10.1. The first-order valence-electron chi connectivity index (χ1n) is 12.0. The molecule has 0 radical (unpaired) electrons. The fraction of sp³-hybridized carbons (Fsp3) is 0.133. The standard InChI is InChI=1S/C30H23Br2NO4S/c1-2-36-26-15-19(16-27-29(34)33(30(35)38-27)17-21-9-4-6-13-24(21)31)14-25(32)28(26)37-18-22-11-7-10-20-8-3-5-12-23(20)22/h3-16H,2,17-18H2,1H3/b27-16+. The number of carbonyl (C=O) groups is 2. The van der Waals surface area contributed by atoms with E-state index in [1.54, 1.807) is 6.08 Å². The number of halogens is 2. The zero-order chi connectivity index (χ0) is 26.6. The highest BCUT2D eigenvalue weighted by atomic mass is 79.9. The van der Waals surface area contributed by atoms with E-state index in [-0.39, 0.29) is 17.7 Å². The minimum absolute atomic E-state index is 0.207. The highest BCUT2D eigenvalue weighted by Gasteiger charge is 2.35. The van der Waals surface area contributed by atoms with Crippen molar-refractivity contribution in [2.24, 2.45) is 0 Å². The van der Waals surface area contributed by atoms with Crippen LogP contribution in [-0.2, 0) is 17.9 Å². The highest BCUT2D eigenvalue weighted by Crippen LogP contribution is 2.40. The van der Waals surface area contributed by atoms with Gasteiger partial charge in [0.1, 0.15) is 6.61 Å².